The number of aryl methyl sites for hydroxylation is 1. The highest BCUT2D eigenvalue weighted by molar-refractivity contribution is 7.18. The number of amides is 2. The molecule has 3 rings (SSSR count). The fourth-order valence-electron chi connectivity index (χ4n) is 2.29. The molecular weight excluding hydrogens is 298 g/mol. The van der Waals surface area contributed by atoms with E-state index in [9.17, 15) is 9.59 Å². The zero-order valence-corrected chi connectivity index (χ0v) is 13.3. The minimum atomic E-state index is -0.0266. The molecular formula is C16H19N3O2S. The molecule has 1 fully saturated rings. The Hall–Kier alpha value is -1.95. The van der Waals surface area contributed by atoms with Crippen LogP contribution in [0.15, 0.2) is 18.2 Å². The minimum Gasteiger partial charge on any atom is -0.356 e. The number of hydrogen-bond acceptors (Lipinski definition) is 4. The number of carbonyl (C=O) groups is 2. The Morgan fingerprint density at radius 2 is 2.18 bits per heavy atom. The summed E-state index contributed by atoms with van der Waals surface area (Å²) in [6.07, 6.45) is 3.08. The molecule has 116 valence electrons. The topological polar surface area (TPSA) is 71.1 Å². The molecule has 1 aliphatic rings. The normalized spacial score (nSPS) is 14.0. The maximum Gasteiger partial charge on any atom is 0.224 e. The molecule has 2 N–H and O–H groups in total. The zero-order chi connectivity index (χ0) is 15.5. The fourth-order valence-corrected chi connectivity index (χ4v) is 3.16. The van der Waals surface area contributed by atoms with Crippen LogP contribution in [0.25, 0.3) is 10.2 Å². The van der Waals surface area contributed by atoms with Crippen molar-refractivity contribution < 1.29 is 9.59 Å². The summed E-state index contributed by atoms with van der Waals surface area (Å²) >= 11 is 1.62. The Morgan fingerprint density at radius 1 is 1.36 bits per heavy atom. The van der Waals surface area contributed by atoms with E-state index in [-0.39, 0.29) is 17.7 Å². The SMILES string of the molecule is Cc1nc2ccc(NC(=O)CCCNC(=O)C3CC3)cc2s1. The lowest BCUT2D eigenvalue weighted by Gasteiger charge is -2.06. The van der Waals surface area contributed by atoms with Gasteiger partial charge in [-0.15, -0.1) is 11.3 Å². The van der Waals surface area contributed by atoms with E-state index in [4.69, 9.17) is 0 Å². The van der Waals surface area contributed by atoms with Crippen LogP contribution in [0.3, 0.4) is 0 Å². The third-order valence-electron chi connectivity index (χ3n) is 3.61. The summed E-state index contributed by atoms with van der Waals surface area (Å²) in [5, 5.41) is 6.78. The predicted octanol–water partition coefficient (Wildman–Crippen LogP) is 2.85. The number of thiazole rings is 1. The third kappa shape index (κ3) is 3.82. The maximum absolute atomic E-state index is 11.9. The fraction of sp³-hybridized carbons (Fsp3) is 0.438. The molecule has 0 aliphatic heterocycles. The Morgan fingerprint density at radius 3 is 2.95 bits per heavy atom. The van der Waals surface area contributed by atoms with Gasteiger partial charge in [0.2, 0.25) is 11.8 Å². The molecule has 1 aromatic heterocycles. The van der Waals surface area contributed by atoms with E-state index in [0.717, 1.165) is 33.8 Å². The largest absolute Gasteiger partial charge is 0.356 e. The van der Waals surface area contributed by atoms with Crippen molar-refractivity contribution in [2.75, 3.05) is 11.9 Å². The van der Waals surface area contributed by atoms with Crippen LogP contribution in [0.5, 0.6) is 0 Å². The van der Waals surface area contributed by atoms with Crippen LogP contribution < -0.4 is 10.6 Å². The number of rotatable bonds is 6. The van der Waals surface area contributed by atoms with Gasteiger partial charge in [-0.1, -0.05) is 0 Å². The second kappa shape index (κ2) is 6.44. The number of carbonyl (C=O) groups excluding carboxylic acids is 2. The lowest BCUT2D eigenvalue weighted by atomic mass is 10.2. The van der Waals surface area contributed by atoms with Gasteiger partial charge in [0.1, 0.15) is 0 Å². The van der Waals surface area contributed by atoms with Crippen molar-refractivity contribution in [3.05, 3.63) is 23.2 Å². The van der Waals surface area contributed by atoms with E-state index in [2.05, 4.69) is 15.6 Å². The smallest absolute Gasteiger partial charge is 0.224 e. The summed E-state index contributed by atoms with van der Waals surface area (Å²) in [6, 6.07) is 5.74. The second-order valence-corrected chi connectivity index (χ2v) is 6.87. The van der Waals surface area contributed by atoms with Gasteiger partial charge in [0.25, 0.3) is 0 Å². The standard InChI is InChI=1S/C16H19N3O2S/c1-10-18-13-7-6-12(9-14(13)22-10)19-15(20)3-2-8-17-16(21)11-4-5-11/h6-7,9,11H,2-5,8H2,1H3,(H,17,21)(H,19,20). The number of aromatic nitrogens is 1. The molecule has 0 bridgehead atoms. The van der Waals surface area contributed by atoms with Gasteiger partial charge < -0.3 is 10.6 Å². The van der Waals surface area contributed by atoms with E-state index >= 15 is 0 Å². The molecule has 2 amide bonds. The van der Waals surface area contributed by atoms with Crippen molar-refractivity contribution in [1.82, 2.24) is 10.3 Å². The molecule has 5 nitrogen and oxygen atoms in total. The molecule has 0 radical (unpaired) electrons. The Bertz CT molecular complexity index is 706. The highest BCUT2D eigenvalue weighted by Gasteiger charge is 2.28. The summed E-state index contributed by atoms with van der Waals surface area (Å²) in [5.41, 5.74) is 1.76. The first kappa shape index (κ1) is 15.0. The van der Waals surface area contributed by atoms with Gasteiger partial charge in [0, 0.05) is 24.6 Å². The summed E-state index contributed by atoms with van der Waals surface area (Å²) in [4.78, 5) is 27.8. The molecule has 0 spiro atoms. The average Bonchev–Trinajstić information content (AvgIpc) is 3.25. The van der Waals surface area contributed by atoms with E-state index in [1.54, 1.807) is 11.3 Å². The van der Waals surface area contributed by atoms with E-state index < -0.39 is 0 Å². The van der Waals surface area contributed by atoms with Gasteiger partial charge in [0.15, 0.2) is 0 Å². The van der Waals surface area contributed by atoms with Gasteiger partial charge in [0.05, 0.1) is 15.2 Å². The first-order valence-electron chi connectivity index (χ1n) is 7.56. The minimum absolute atomic E-state index is 0.0266. The predicted molar refractivity (Wildman–Crippen MR) is 88.0 cm³/mol. The highest BCUT2D eigenvalue weighted by atomic mass is 32.1. The number of fused-ring (bicyclic) bond motifs is 1. The van der Waals surface area contributed by atoms with Crippen molar-refractivity contribution >= 4 is 39.1 Å². The van der Waals surface area contributed by atoms with Crippen LogP contribution in [0, 0.1) is 12.8 Å². The lowest BCUT2D eigenvalue weighted by Crippen LogP contribution is -2.26. The van der Waals surface area contributed by atoms with E-state index in [1.165, 1.54) is 0 Å². The van der Waals surface area contributed by atoms with Crippen LogP contribution in [-0.4, -0.2) is 23.3 Å². The van der Waals surface area contributed by atoms with Gasteiger partial charge in [-0.2, -0.15) is 0 Å². The summed E-state index contributed by atoms with van der Waals surface area (Å²) in [5.74, 6) is 0.330. The summed E-state index contributed by atoms with van der Waals surface area (Å²) in [6.45, 7) is 2.54. The molecule has 1 saturated carbocycles. The first-order chi connectivity index (χ1) is 10.6. The number of nitrogens with zero attached hydrogens (tertiary/aromatic N) is 1. The molecule has 1 aliphatic carbocycles. The quantitative estimate of drug-likeness (QED) is 0.805. The molecule has 22 heavy (non-hydrogen) atoms. The van der Waals surface area contributed by atoms with Crippen LogP contribution >= 0.6 is 11.3 Å². The van der Waals surface area contributed by atoms with Gasteiger partial charge >= 0.3 is 0 Å². The van der Waals surface area contributed by atoms with E-state index in [0.29, 0.717) is 19.4 Å². The molecule has 1 heterocycles. The van der Waals surface area contributed by atoms with Crippen molar-refractivity contribution in [2.24, 2.45) is 5.92 Å². The third-order valence-corrected chi connectivity index (χ3v) is 4.54. The van der Waals surface area contributed by atoms with Crippen LogP contribution in [0.2, 0.25) is 0 Å². The number of benzene rings is 1. The second-order valence-electron chi connectivity index (χ2n) is 5.63. The molecule has 0 atom stereocenters. The lowest BCUT2D eigenvalue weighted by molar-refractivity contribution is -0.122. The molecule has 6 heteroatoms. The van der Waals surface area contributed by atoms with Crippen LogP contribution in [0.4, 0.5) is 5.69 Å². The van der Waals surface area contributed by atoms with Crippen molar-refractivity contribution in [3.8, 4) is 0 Å². The number of anilines is 1. The molecule has 2 aromatic rings. The number of nitrogens with one attached hydrogen (secondary N) is 2. The Balaban J connectivity index is 1.44. The monoisotopic (exact) mass is 317 g/mol. The van der Waals surface area contributed by atoms with Gasteiger partial charge in [-0.05, 0) is 44.4 Å². The maximum atomic E-state index is 11.9. The van der Waals surface area contributed by atoms with Crippen LogP contribution in [0.1, 0.15) is 30.7 Å². The first-order valence-corrected chi connectivity index (χ1v) is 8.38. The van der Waals surface area contributed by atoms with Gasteiger partial charge in [-0.25, -0.2) is 4.98 Å². The molecule has 1 aromatic carbocycles. The summed E-state index contributed by atoms with van der Waals surface area (Å²) in [7, 11) is 0. The Labute approximate surface area is 133 Å². The molecule has 0 saturated heterocycles. The van der Waals surface area contributed by atoms with Crippen LogP contribution in [-0.2, 0) is 9.59 Å². The highest BCUT2D eigenvalue weighted by Crippen LogP contribution is 2.28. The zero-order valence-electron chi connectivity index (χ0n) is 12.5. The van der Waals surface area contributed by atoms with E-state index in [1.807, 2.05) is 25.1 Å². The average molecular weight is 317 g/mol. The van der Waals surface area contributed by atoms with Crippen molar-refractivity contribution in [3.63, 3.8) is 0 Å². The van der Waals surface area contributed by atoms with Gasteiger partial charge in [-0.3, -0.25) is 9.59 Å². The number of hydrogen-bond donors (Lipinski definition) is 2. The summed E-state index contributed by atoms with van der Waals surface area (Å²) < 4.78 is 1.08. The molecule has 0 unspecified atom stereocenters. The van der Waals surface area contributed by atoms with Crippen molar-refractivity contribution in [1.29, 1.82) is 0 Å². The Kier molecular flexibility index (Phi) is 4.38. The van der Waals surface area contributed by atoms with Crippen molar-refractivity contribution in [2.45, 2.75) is 32.6 Å².